The molecule has 0 saturated heterocycles. The van der Waals surface area contributed by atoms with Crippen LogP contribution < -0.4 is 20.9 Å². The number of nitrogens with one attached hydrogen (secondary N) is 3. The summed E-state index contributed by atoms with van der Waals surface area (Å²) >= 11 is 0. The van der Waals surface area contributed by atoms with Gasteiger partial charge in [0.1, 0.15) is 0 Å². The van der Waals surface area contributed by atoms with Crippen LogP contribution in [0.4, 0.5) is 22.7 Å². The molecule has 2 rings (SSSR count). The summed E-state index contributed by atoms with van der Waals surface area (Å²) in [6.45, 7) is 5.59. The minimum atomic E-state index is -0.188. The summed E-state index contributed by atoms with van der Waals surface area (Å²) in [7, 11) is 1.70. The van der Waals surface area contributed by atoms with Crippen LogP contribution in [0.25, 0.3) is 0 Å². The van der Waals surface area contributed by atoms with E-state index in [0.29, 0.717) is 18.0 Å². The Morgan fingerprint density at radius 1 is 0.828 bits per heavy atom. The van der Waals surface area contributed by atoms with Crippen molar-refractivity contribution in [2.45, 2.75) is 27.2 Å². The van der Waals surface area contributed by atoms with E-state index in [4.69, 9.17) is 0 Å². The fourth-order valence-corrected chi connectivity index (χ4v) is 2.59. The van der Waals surface area contributed by atoms with Crippen LogP contribution in [-0.2, 0) is 14.4 Å². The van der Waals surface area contributed by atoms with Crippen molar-refractivity contribution in [2.75, 3.05) is 34.4 Å². The number of carbonyl (C=O) groups is 3. The Bertz CT molecular complexity index is 845. The van der Waals surface area contributed by atoms with Crippen molar-refractivity contribution in [1.82, 2.24) is 0 Å². The van der Waals surface area contributed by atoms with Gasteiger partial charge in [-0.05, 0) is 54.4 Å². The zero-order chi connectivity index (χ0) is 21.4. The molecule has 0 aliphatic carbocycles. The smallest absolute Gasteiger partial charge is 0.243 e. The van der Waals surface area contributed by atoms with Gasteiger partial charge in [0.25, 0.3) is 0 Å². The Balaban J connectivity index is 1.81. The van der Waals surface area contributed by atoms with Gasteiger partial charge in [0, 0.05) is 43.1 Å². The van der Waals surface area contributed by atoms with Gasteiger partial charge in [-0.1, -0.05) is 13.8 Å². The first-order valence-electron chi connectivity index (χ1n) is 9.52. The summed E-state index contributed by atoms with van der Waals surface area (Å²) < 4.78 is 0. The second-order valence-electron chi connectivity index (χ2n) is 7.25. The number of anilines is 4. The fourth-order valence-electron chi connectivity index (χ4n) is 2.59. The van der Waals surface area contributed by atoms with Gasteiger partial charge in [0.2, 0.25) is 17.7 Å². The van der Waals surface area contributed by atoms with Crippen LogP contribution in [0.3, 0.4) is 0 Å². The van der Waals surface area contributed by atoms with Crippen LogP contribution >= 0.6 is 0 Å². The summed E-state index contributed by atoms with van der Waals surface area (Å²) in [5, 5.41) is 8.69. The van der Waals surface area contributed by atoms with Gasteiger partial charge in [0.15, 0.2) is 0 Å². The van der Waals surface area contributed by atoms with E-state index in [2.05, 4.69) is 16.0 Å². The highest BCUT2D eigenvalue weighted by atomic mass is 16.2. The predicted molar refractivity (Wildman–Crippen MR) is 117 cm³/mol. The molecule has 7 heteroatoms. The van der Waals surface area contributed by atoms with Crippen LogP contribution in [0.15, 0.2) is 48.5 Å². The van der Waals surface area contributed by atoms with Crippen molar-refractivity contribution >= 4 is 40.5 Å². The molecule has 3 amide bonds. The molecule has 0 aromatic heterocycles. The molecule has 154 valence electrons. The van der Waals surface area contributed by atoms with Gasteiger partial charge in [-0.3, -0.25) is 14.4 Å². The first kappa shape index (κ1) is 21.9. The third-order valence-electron chi connectivity index (χ3n) is 4.23. The van der Waals surface area contributed by atoms with E-state index in [0.717, 1.165) is 17.1 Å². The zero-order valence-corrected chi connectivity index (χ0v) is 17.3. The van der Waals surface area contributed by atoms with Gasteiger partial charge in [-0.15, -0.1) is 0 Å². The standard InChI is InChI=1S/C22H28N4O3/c1-15(2)13-21(28)24-18-7-5-17(6-8-18)23-14-22(29)25-19-9-11-20(12-10-19)26(4)16(3)27/h5-12,15,23H,13-14H2,1-4H3,(H,24,28)(H,25,29). The molecule has 3 N–H and O–H groups in total. The molecule has 0 fully saturated rings. The van der Waals surface area contributed by atoms with Crippen molar-refractivity contribution in [3.05, 3.63) is 48.5 Å². The number of hydrogen-bond donors (Lipinski definition) is 3. The molecular weight excluding hydrogens is 368 g/mol. The minimum Gasteiger partial charge on any atom is -0.376 e. The molecule has 0 bridgehead atoms. The molecule has 29 heavy (non-hydrogen) atoms. The van der Waals surface area contributed by atoms with Crippen LogP contribution in [0.1, 0.15) is 27.2 Å². The van der Waals surface area contributed by atoms with Crippen molar-refractivity contribution < 1.29 is 14.4 Å². The Hall–Kier alpha value is -3.35. The number of hydrogen-bond acceptors (Lipinski definition) is 4. The minimum absolute atomic E-state index is 0.0133. The lowest BCUT2D eigenvalue weighted by atomic mass is 10.1. The quantitative estimate of drug-likeness (QED) is 0.634. The van der Waals surface area contributed by atoms with Gasteiger partial charge >= 0.3 is 0 Å². The van der Waals surface area contributed by atoms with Crippen LogP contribution in [-0.4, -0.2) is 31.3 Å². The highest BCUT2D eigenvalue weighted by Crippen LogP contribution is 2.17. The Morgan fingerprint density at radius 2 is 1.31 bits per heavy atom. The molecule has 2 aromatic carbocycles. The van der Waals surface area contributed by atoms with E-state index in [1.54, 1.807) is 43.4 Å². The average molecular weight is 396 g/mol. The third kappa shape index (κ3) is 7.29. The molecule has 0 radical (unpaired) electrons. The van der Waals surface area contributed by atoms with E-state index in [-0.39, 0.29) is 24.3 Å². The summed E-state index contributed by atoms with van der Waals surface area (Å²) in [4.78, 5) is 36.8. The number of rotatable bonds is 8. The van der Waals surface area contributed by atoms with E-state index in [1.165, 1.54) is 11.8 Å². The van der Waals surface area contributed by atoms with Crippen molar-refractivity contribution in [2.24, 2.45) is 5.92 Å². The summed E-state index contributed by atoms with van der Waals surface area (Å²) in [5.74, 6) is 0.0461. The first-order valence-corrected chi connectivity index (χ1v) is 9.52. The topological polar surface area (TPSA) is 90.5 Å². The summed E-state index contributed by atoms with van der Waals surface area (Å²) in [6, 6.07) is 14.3. The second kappa shape index (κ2) is 10.3. The molecule has 7 nitrogen and oxygen atoms in total. The Morgan fingerprint density at radius 3 is 1.83 bits per heavy atom. The lowest BCUT2D eigenvalue weighted by molar-refractivity contribution is -0.117. The van der Waals surface area contributed by atoms with Gasteiger partial charge in [-0.25, -0.2) is 0 Å². The van der Waals surface area contributed by atoms with Crippen LogP contribution in [0.2, 0.25) is 0 Å². The largest absolute Gasteiger partial charge is 0.376 e. The normalized spacial score (nSPS) is 10.4. The molecule has 0 saturated carbocycles. The maximum Gasteiger partial charge on any atom is 0.243 e. The summed E-state index contributed by atoms with van der Waals surface area (Å²) in [5.41, 5.74) is 2.91. The zero-order valence-electron chi connectivity index (χ0n) is 17.3. The lowest BCUT2D eigenvalue weighted by Gasteiger charge is -2.15. The second-order valence-corrected chi connectivity index (χ2v) is 7.25. The lowest BCUT2D eigenvalue weighted by Crippen LogP contribution is -2.23. The number of benzene rings is 2. The first-order chi connectivity index (χ1) is 13.7. The Kier molecular flexibility index (Phi) is 7.77. The molecule has 0 aliphatic rings. The number of amides is 3. The van der Waals surface area contributed by atoms with Crippen LogP contribution in [0, 0.1) is 5.92 Å². The van der Waals surface area contributed by atoms with Crippen LogP contribution in [0.5, 0.6) is 0 Å². The van der Waals surface area contributed by atoms with Crippen molar-refractivity contribution in [1.29, 1.82) is 0 Å². The molecule has 2 aromatic rings. The predicted octanol–water partition coefficient (Wildman–Crippen LogP) is 3.70. The molecule has 0 aliphatic heterocycles. The molecule has 0 atom stereocenters. The molecule has 0 spiro atoms. The van der Waals surface area contributed by atoms with E-state index in [1.807, 2.05) is 26.0 Å². The Labute approximate surface area is 171 Å². The highest BCUT2D eigenvalue weighted by Gasteiger charge is 2.07. The maximum atomic E-state index is 12.1. The van der Waals surface area contributed by atoms with Gasteiger partial charge in [0.05, 0.1) is 6.54 Å². The van der Waals surface area contributed by atoms with Gasteiger partial charge in [-0.2, -0.15) is 0 Å². The summed E-state index contributed by atoms with van der Waals surface area (Å²) in [6.07, 6.45) is 0.478. The van der Waals surface area contributed by atoms with E-state index < -0.39 is 0 Å². The molecule has 0 unspecified atom stereocenters. The average Bonchev–Trinajstić information content (AvgIpc) is 2.66. The number of carbonyl (C=O) groups excluding carboxylic acids is 3. The molecular formula is C22H28N4O3. The van der Waals surface area contributed by atoms with E-state index in [9.17, 15) is 14.4 Å². The van der Waals surface area contributed by atoms with Crippen molar-refractivity contribution in [3.63, 3.8) is 0 Å². The fraction of sp³-hybridized carbons (Fsp3) is 0.318. The van der Waals surface area contributed by atoms with Crippen molar-refractivity contribution in [3.8, 4) is 0 Å². The maximum absolute atomic E-state index is 12.1. The van der Waals surface area contributed by atoms with Gasteiger partial charge < -0.3 is 20.9 Å². The SMILES string of the molecule is CC(=O)N(C)c1ccc(NC(=O)CNc2ccc(NC(=O)CC(C)C)cc2)cc1. The molecule has 0 heterocycles. The van der Waals surface area contributed by atoms with E-state index >= 15 is 0 Å². The monoisotopic (exact) mass is 396 g/mol. The third-order valence-corrected chi connectivity index (χ3v) is 4.23. The number of nitrogens with zero attached hydrogens (tertiary/aromatic N) is 1. The highest BCUT2D eigenvalue weighted by molar-refractivity contribution is 5.95.